The molecule has 0 saturated carbocycles. The summed E-state index contributed by atoms with van der Waals surface area (Å²) >= 11 is 0. The summed E-state index contributed by atoms with van der Waals surface area (Å²) in [6.07, 6.45) is 1.71. The summed E-state index contributed by atoms with van der Waals surface area (Å²) in [5.74, 6) is 0.607. The Bertz CT molecular complexity index is 765. The molecule has 1 aromatic heterocycles. The summed E-state index contributed by atoms with van der Waals surface area (Å²) in [6.45, 7) is 10.8. The van der Waals surface area contributed by atoms with Crippen molar-refractivity contribution in [1.82, 2.24) is 15.6 Å². The first-order valence-corrected chi connectivity index (χ1v) is 8.65. The van der Waals surface area contributed by atoms with Gasteiger partial charge in [-0.3, -0.25) is 0 Å². The maximum Gasteiger partial charge on any atom is 0.216 e. The smallest absolute Gasteiger partial charge is 0.216 e. The molecule has 0 aliphatic carbocycles. The van der Waals surface area contributed by atoms with Gasteiger partial charge in [0.1, 0.15) is 23.9 Å². The molecular weight excluding hydrogens is 338 g/mol. The number of guanidine groups is 1. The molecule has 0 radical (unpaired) electrons. The van der Waals surface area contributed by atoms with Gasteiger partial charge >= 0.3 is 0 Å². The van der Waals surface area contributed by atoms with Crippen molar-refractivity contribution < 1.29 is 13.2 Å². The Morgan fingerprint density at radius 3 is 2.62 bits per heavy atom. The number of nitrogens with one attached hydrogen (secondary N) is 2. The largest absolute Gasteiger partial charge is 0.443 e. The Morgan fingerprint density at radius 1 is 1.31 bits per heavy atom. The summed E-state index contributed by atoms with van der Waals surface area (Å²) in [5, 5.41) is 6.20. The van der Waals surface area contributed by atoms with Gasteiger partial charge in [-0.05, 0) is 19.9 Å². The van der Waals surface area contributed by atoms with E-state index < -0.39 is 11.6 Å². The molecule has 1 aromatic carbocycles. The van der Waals surface area contributed by atoms with Gasteiger partial charge in [0.05, 0.1) is 12.2 Å². The first kappa shape index (κ1) is 19.9. The van der Waals surface area contributed by atoms with Crippen molar-refractivity contribution in [2.75, 3.05) is 6.54 Å². The first-order chi connectivity index (χ1) is 12.2. The number of nitrogens with zero attached hydrogens (tertiary/aromatic N) is 2. The summed E-state index contributed by atoms with van der Waals surface area (Å²) in [7, 11) is 0. The van der Waals surface area contributed by atoms with E-state index in [1.54, 1.807) is 13.1 Å². The second kappa shape index (κ2) is 8.29. The lowest BCUT2D eigenvalue weighted by Crippen LogP contribution is -2.39. The second-order valence-electron chi connectivity index (χ2n) is 7.10. The highest BCUT2D eigenvalue weighted by Crippen LogP contribution is 2.23. The summed E-state index contributed by atoms with van der Waals surface area (Å²) in [4.78, 5) is 8.68. The zero-order valence-corrected chi connectivity index (χ0v) is 15.9. The fourth-order valence-electron chi connectivity index (χ4n) is 2.33. The molecule has 2 N–H and O–H groups in total. The topological polar surface area (TPSA) is 62.5 Å². The van der Waals surface area contributed by atoms with Gasteiger partial charge in [0.25, 0.3) is 0 Å². The zero-order valence-electron chi connectivity index (χ0n) is 15.9. The van der Waals surface area contributed by atoms with E-state index in [1.807, 2.05) is 27.7 Å². The number of aliphatic imine (C=N–C) groups is 1. The quantitative estimate of drug-likeness (QED) is 0.620. The molecule has 1 heterocycles. The standard InChI is InChI=1S/C19H26F2N4O/c1-6-22-18(24-11-17-23-10-16(26-17)19(3,4)5)25-12(2)14-8-7-13(20)9-15(14)21/h7-10,12H,6,11H2,1-5H3,(H2,22,24,25). The van der Waals surface area contributed by atoms with Gasteiger partial charge in [-0.15, -0.1) is 0 Å². The fraction of sp³-hybridized carbons (Fsp3) is 0.474. The number of rotatable bonds is 5. The molecule has 5 nitrogen and oxygen atoms in total. The average molecular weight is 364 g/mol. The van der Waals surface area contributed by atoms with Gasteiger partial charge in [-0.25, -0.2) is 18.8 Å². The van der Waals surface area contributed by atoms with Crippen LogP contribution in [0.5, 0.6) is 0 Å². The minimum absolute atomic E-state index is 0.119. The molecule has 0 aliphatic rings. The molecule has 0 aliphatic heterocycles. The lowest BCUT2D eigenvalue weighted by atomic mass is 9.94. The molecule has 0 fully saturated rings. The van der Waals surface area contributed by atoms with E-state index in [9.17, 15) is 8.78 Å². The molecule has 2 rings (SSSR count). The highest BCUT2D eigenvalue weighted by molar-refractivity contribution is 5.80. The van der Waals surface area contributed by atoms with Crippen molar-refractivity contribution >= 4 is 5.96 Å². The van der Waals surface area contributed by atoms with E-state index in [1.165, 1.54) is 12.1 Å². The first-order valence-electron chi connectivity index (χ1n) is 8.65. The van der Waals surface area contributed by atoms with Crippen molar-refractivity contribution in [3.05, 3.63) is 53.2 Å². The highest BCUT2D eigenvalue weighted by atomic mass is 19.1. The van der Waals surface area contributed by atoms with E-state index in [0.29, 0.717) is 24.0 Å². The summed E-state index contributed by atoms with van der Waals surface area (Å²) < 4.78 is 32.7. The Kier molecular flexibility index (Phi) is 6.34. The van der Waals surface area contributed by atoms with Crippen molar-refractivity contribution in [2.24, 2.45) is 4.99 Å². The molecule has 0 spiro atoms. The Morgan fingerprint density at radius 2 is 2.04 bits per heavy atom. The Balaban J connectivity index is 2.09. The van der Waals surface area contributed by atoms with Crippen LogP contribution in [0.15, 0.2) is 33.8 Å². The number of hydrogen-bond acceptors (Lipinski definition) is 3. The zero-order chi connectivity index (χ0) is 19.3. The predicted molar refractivity (Wildman–Crippen MR) is 97.9 cm³/mol. The molecule has 2 aromatic rings. The Hall–Kier alpha value is -2.44. The molecule has 0 bridgehead atoms. The van der Waals surface area contributed by atoms with Crippen LogP contribution < -0.4 is 10.6 Å². The predicted octanol–water partition coefficient (Wildman–Crippen LogP) is 4.07. The molecule has 26 heavy (non-hydrogen) atoms. The minimum atomic E-state index is -0.599. The van der Waals surface area contributed by atoms with Gasteiger partial charge in [0, 0.05) is 23.6 Å². The maximum atomic E-state index is 13.9. The van der Waals surface area contributed by atoms with Crippen LogP contribution in [0.25, 0.3) is 0 Å². The fourth-order valence-corrected chi connectivity index (χ4v) is 2.33. The number of aromatic nitrogens is 1. The average Bonchev–Trinajstić information content (AvgIpc) is 3.02. The lowest BCUT2D eigenvalue weighted by molar-refractivity contribution is 0.383. The number of hydrogen-bond donors (Lipinski definition) is 2. The molecule has 7 heteroatoms. The van der Waals surface area contributed by atoms with Crippen molar-refractivity contribution in [2.45, 2.75) is 52.6 Å². The lowest BCUT2D eigenvalue weighted by Gasteiger charge is -2.18. The van der Waals surface area contributed by atoms with Crippen LogP contribution >= 0.6 is 0 Å². The van der Waals surface area contributed by atoms with Gasteiger partial charge in [-0.1, -0.05) is 26.8 Å². The van der Waals surface area contributed by atoms with Crippen LogP contribution in [0.2, 0.25) is 0 Å². The normalized spacial score (nSPS) is 13.6. The summed E-state index contributed by atoms with van der Waals surface area (Å²) in [5.41, 5.74) is 0.245. The van der Waals surface area contributed by atoms with E-state index in [-0.39, 0.29) is 18.0 Å². The van der Waals surface area contributed by atoms with E-state index >= 15 is 0 Å². The molecule has 1 unspecified atom stereocenters. The molecule has 0 amide bonds. The van der Waals surface area contributed by atoms with Gasteiger partial charge in [-0.2, -0.15) is 0 Å². The van der Waals surface area contributed by atoms with Gasteiger partial charge in [0.15, 0.2) is 5.96 Å². The van der Waals surface area contributed by atoms with E-state index in [2.05, 4.69) is 20.6 Å². The molecule has 1 atom stereocenters. The highest BCUT2D eigenvalue weighted by Gasteiger charge is 2.19. The third kappa shape index (κ3) is 5.28. The molecule has 142 valence electrons. The molecule has 0 saturated heterocycles. The monoisotopic (exact) mass is 364 g/mol. The van der Waals surface area contributed by atoms with Crippen molar-refractivity contribution in [3.63, 3.8) is 0 Å². The van der Waals surface area contributed by atoms with Crippen LogP contribution in [-0.2, 0) is 12.0 Å². The summed E-state index contributed by atoms with van der Waals surface area (Å²) in [6, 6.07) is 3.15. The van der Waals surface area contributed by atoms with Crippen LogP contribution in [0.3, 0.4) is 0 Å². The minimum Gasteiger partial charge on any atom is -0.443 e. The van der Waals surface area contributed by atoms with E-state index in [4.69, 9.17) is 4.42 Å². The second-order valence-corrected chi connectivity index (χ2v) is 7.10. The van der Waals surface area contributed by atoms with Crippen LogP contribution in [0, 0.1) is 11.6 Å². The molecular formula is C19H26F2N4O. The number of benzene rings is 1. The Labute approximate surface area is 152 Å². The van der Waals surface area contributed by atoms with Crippen molar-refractivity contribution in [1.29, 1.82) is 0 Å². The number of halogens is 2. The van der Waals surface area contributed by atoms with Gasteiger partial charge in [0.2, 0.25) is 5.89 Å². The van der Waals surface area contributed by atoms with Crippen LogP contribution in [-0.4, -0.2) is 17.5 Å². The van der Waals surface area contributed by atoms with Crippen LogP contribution in [0.1, 0.15) is 57.9 Å². The van der Waals surface area contributed by atoms with Gasteiger partial charge < -0.3 is 15.1 Å². The maximum absolute atomic E-state index is 13.9. The van der Waals surface area contributed by atoms with Crippen LogP contribution in [0.4, 0.5) is 8.78 Å². The third-order valence-corrected chi connectivity index (χ3v) is 3.79. The third-order valence-electron chi connectivity index (χ3n) is 3.79. The number of oxazole rings is 1. The van der Waals surface area contributed by atoms with E-state index in [0.717, 1.165) is 11.8 Å². The van der Waals surface area contributed by atoms with Crippen molar-refractivity contribution in [3.8, 4) is 0 Å². The SMILES string of the molecule is CCNC(=NCc1ncc(C(C)(C)C)o1)NC(C)c1ccc(F)cc1F.